The number of hydrogen-bond acceptors (Lipinski definition) is 4. The Balaban J connectivity index is 1.94. The van der Waals surface area contributed by atoms with Gasteiger partial charge in [-0.2, -0.15) is 5.10 Å². The predicted octanol–water partition coefficient (Wildman–Crippen LogP) is 1.84. The van der Waals surface area contributed by atoms with Gasteiger partial charge in [-0.05, 0) is 13.5 Å². The molecule has 0 spiro atoms. The SMILES string of the molecule is CCNC(Cc1nccn1CC)c1cnn2ccncc12. The largest absolute Gasteiger partial charge is 0.335 e. The number of nitrogens with zero attached hydrogens (tertiary/aromatic N) is 5. The number of rotatable bonds is 6. The molecule has 0 saturated heterocycles. The van der Waals surface area contributed by atoms with E-state index in [4.69, 9.17) is 0 Å². The zero-order chi connectivity index (χ0) is 14.7. The highest BCUT2D eigenvalue weighted by molar-refractivity contribution is 5.53. The Hall–Kier alpha value is -2.21. The second-order valence-corrected chi connectivity index (χ2v) is 4.95. The summed E-state index contributed by atoms with van der Waals surface area (Å²) in [4.78, 5) is 8.69. The van der Waals surface area contributed by atoms with Crippen LogP contribution in [0.3, 0.4) is 0 Å². The van der Waals surface area contributed by atoms with Crippen LogP contribution in [0.15, 0.2) is 37.2 Å². The Morgan fingerprint density at radius 2 is 2.10 bits per heavy atom. The van der Waals surface area contributed by atoms with E-state index in [1.807, 2.05) is 35.5 Å². The molecule has 0 fully saturated rings. The summed E-state index contributed by atoms with van der Waals surface area (Å²) >= 11 is 0. The zero-order valence-electron chi connectivity index (χ0n) is 12.4. The molecule has 1 unspecified atom stereocenters. The molecule has 6 nitrogen and oxygen atoms in total. The second kappa shape index (κ2) is 6.05. The van der Waals surface area contributed by atoms with E-state index in [1.54, 1.807) is 6.20 Å². The maximum Gasteiger partial charge on any atom is 0.110 e. The summed E-state index contributed by atoms with van der Waals surface area (Å²) < 4.78 is 4.03. The number of imidazole rings is 1. The van der Waals surface area contributed by atoms with E-state index in [0.717, 1.165) is 36.4 Å². The van der Waals surface area contributed by atoms with Crippen molar-refractivity contribution in [2.45, 2.75) is 32.9 Å². The van der Waals surface area contributed by atoms with Gasteiger partial charge in [0.15, 0.2) is 0 Å². The molecule has 3 aromatic rings. The first kappa shape index (κ1) is 13.8. The van der Waals surface area contributed by atoms with Crippen LogP contribution in [0.5, 0.6) is 0 Å². The normalized spacial score (nSPS) is 12.9. The molecule has 0 radical (unpaired) electrons. The Morgan fingerprint density at radius 3 is 2.90 bits per heavy atom. The molecule has 1 atom stereocenters. The average Bonchev–Trinajstić information content (AvgIpc) is 3.12. The van der Waals surface area contributed by atoms with E-state index in [2.05, 4.69) is 38.8 Å². The van der Waals surface area contributed by atoms with Gasteiger partial charge in [0.05, 0.1) is 17.9 Å². The molecule has 0 aliphatic rings. The van der Waals surface area contributed by atoms with Crippen molar-refractivity contribution < 1.29 is 0 Å². The van der Waals surface area contributed by atoms with Crippen LogP contribution in [-0.2, 0) is 13.0 Å². The zero-order valence-corrected chi connectivity index (χ0v) is 12.4. The van der Waals surface area contributed by atoms with Gasteiger partial charge in [-0.15, -0.1) is 0 Å². The summed E-state index contributed by atoms with van der Waals surface area (Å²) in [6.45, 7) is 6.08. The van der Waals surface area contributed by atoms with E-state index < -0.39 is 0 Å². The molecule has 110 valence electrons. The Kier molecular flexibility index (Phi) is 3.96. The van der Waals surface area contributed by atoms with E-state index >= 15 is 0 Å². The molecule has 0 aliphatic carbocycles. The van der Waals surface area contributed by atoms with Crippen LogP contribution in [-0.4, -0.2) is 30.7 Å². The van der Waals surface area contributed by atoms with Crippen LogP contribution in [0.2, 0.25) is 0 Å². The second-order valence-electron chi connectivity index (χ2n) is 4.95. The minimum absolute atomic E-state index is 0.185. The van der Waals surface area contributed by atoms with Crippen LogP contribution in [0.1, 0.15) is 31.3 Å². The van der Waals surface area contributed by atoms with Gasteiger partial charge in [0.25, 0.3) is 0 Å². The van der Waals surface area contributed by atoms with Gasteiger partial charge in [0, 0.05) is 49.4 Å². The van der Waals surface area contributed by atoms with Crippen molar-refractivity contribution in [2.24, 2.45) is 0 Å². The fraction of sp³-hybridized carbons (Fsp3) is 0.400. The molecule has 21 heavy (non-hydrogen) atoms. The first-order valence-corrected chi connectivity index (χ1v) is 7.34. The summed E-state index contributed by atoms with van der Waals surface area (Å²) in [5.41, 5.74) is 2.20. The van der Waals surface area contributed by atoms with Gasteiger partial charge >= 0.3 is 0 Å². The van der Waals surface area contributed by atoms with E-state index in [-0.39, 0.29) is 6.04 Å². The predicted molar refractivity (Wildman–Crippen MR) is 81.0 cm³/mol. The molecule has 3 rings (SSSR count). The molecule has 0 amide bonds. The Labute approximate surface area is 123 Å². The summed E-state index contributed by atoms with van der Waals surface area (Å²) in [5, 5.41) is 7.94. The third-order valence-corrected chi connectivity index (χ3v) is 3.71. The highest BCUT2D eigenvalue weighted by atomic mass is 15.2. The molecule has 6 heteroatoms. The summed E-state index contributed by atoms with van der Waals surface area (Å²) in [6.07, 6.45) is 12.1. The van der Waals surface area contributed by atoms with E-state index in [0.29, 0.717) is 0 Å². The smallest absolute Gasteiger partial charge is 0.110 e. The lowest BCUT2D eigenvalue weighted by molar-refractivity contribution is 0.525. The first-order valence-electron chi connectivity index (χ1n) is 7.34. The maximum atomic E-state index is 4.48. The van der Waals surface area contributed by atoms with E-state index in [1.165, 1.54) is 0 Å². The summed E-state index contributed by atoms with van der Waals surface area (Å²) in [7, 11) is 0. The van der Waals surface area contributed by atoms with Crippen molar-refractivity contribution in [3.63, 3.8) is 0 Å². The minimum Gasteiger partial charge on any atom is -0.335 e. The summed E-state index contributed by atoms with van der Waals surface area (Å²) in [6, 6.07) is 0.185. The topological polar surface area (TPSA) is 60.0 Å². The fourth-order valence-corrected chi connectivity index (χ4v) is 2.66. The molecular weight excluding hydrogens is 264 g/mol. The number of aryl methyl sites for hydroxylation is 1. The van der Waals surface area contributed by atoms with Crippen molar-refractivity contribution in [3.8, 4) is 0 Å². The van der Waals surface area contributed by atoms with Crippen LogP contribution in [0, 0.1) is 0 Å². The molecule has 0 aliphatic heterocycles. The quantitative estimate of drug-likeness (QED) is 0.750. The number of hydrogen-bond donors (Lipinski definition) is 1. The lowest BCUT2D eigenvalue weighted by Gasteiger charge is -2.17. The van der Waals surface area contributed by atoms with Crippen LogP contribution < -0.4 is 5.32 Å². The van der Waals surface area contributed by atoms with E-state index in [9.17, 15) is 0 Å². The number of nitrogens with one attached hydrogen (secondary N) is 1. The van der Waals surface area contributed by atoms with Crippen LogP contribution >= 0.6 is 0 Å². The maximum absolute atomic E-state index is 4.48. The molecule has 3 heterocycles. The molecule has 0 aromatic carbocycles. The van der Waals surface area contributed by atoms with Gasteiger partial charge in [0.1, 0.15) is 5.82 Å². The average molecular weight is 284 g/mol. The van der Waals surface area contributed by atoms with Gasteiger partial charge in [-0.25, -0.2) is 9.50 Å². The fourth-order valence-electron chi connectivity index (χ4n) is 2.66. The van der Waals surface area contributed by atoms with Gasteiger partial charge in [-0.1, -0.05) is 6.92 Å². The van der Waals surface area contributed by atoms with Crippen molar-refractivity contribution in [1.29, 1.82) is 0 Å². The monoisotopic (exact) mass is 284 g/mol. The highest BCUT2D eigenvalue weighted by Gasteiger charge is 2.18. The van der Waals surface area contributed by atoms with Crippen molar-refractivity contribution in [3.05, 3.63) is 48.6 Å². The van der Waals surface area contributed by atoms with Gasteiger partial charge in [0.2, 0.25) is 0 Å². The molecule has 1 N–H and O–H groups in total. The van der Waals surface area contributed by atoms with Crippen molar-refractivity contribution >= 4 is 5.52 Å². The first-order chi connectivity index (χ1) is 10.3. The van der Waals surface area contributed by atoms with Crippen LogP contribution in [0.25, 0.3) is 5.52 Å². The molecule has 3 aromatic heterocycles. The third-order valence-electron chi connectivity index (χ3n) is 3.71. The summed E-state index contributed by atoms with van der Waals surface area (Å²) in [5.74, 6) is 1.09. The van der Waals surface area contributed by atoms with Crippen molar-refractivity contribution in [2.75, 3.05) is 6.54 Å². The lowest BCUT2D eigenvalue weighted by atomic mass is 10.1. The van der Waals surface area contributed by atoms with Gasteiger partial charge in [-0.3, -0.25) is 4.98 Å². The van der Waals surface area contributed by atoms with Crippen LogP contribution in [0.4, 0.5) is 0 Å². The molecular formula is C15H20N6. The third kappa shape index (κ3) is 2.67. The Morgan fingerprint density at radius 1 is 1.19 bits per heavy atom. The lowest BCUT2D eigenvalue weighted by Crippen LogP contribution is -2.24. The standard InChI is InChI=1S/C15H20N6/c1-3-17-13(9-15-18-6-7-20(15)4-2)12-10-19-21-8-5-16-11-14(12)21/h5-8,10-11,13,17H,3-4,9H2,1-2H3. The Bertz CT molecular complexity index is 714. The molecule has 0 saturated carbocycles. The molecule has 0 bridgehead atoms. The van der Waals surface area contributed by atoms with Crippen molar-refractivity contribution in [1.82, 2.24) is 29.5 Å². The highest BCUT2D eigenvalue weighted by Crippen LogP contribution is 2.22. The number of fused-ring (bicyclic) bond motifs is 1. The van der Waals surface area contributed by atoms with Gasteiger partial charge < -0.3 is 9.88 Å². The minimum atomic E-state index is 0.185. The number of aromatic nitrogens is 5. The number of likely N-dealkylation sites (N-methyl/N-ethyl adjacent to an activating group) is 1.